The van der Waals surface area contributed by atoms with Crippen molar-refractivity contribution in [3.05, 3.63) is 21.9 Å². The Kier molecular flexibility index (Phi) is 2.54. The molecule has 0 aromatic carbocycles. The molecule has 1 aromatic rings. The molecule has 13 heavy (non-hydrogen) atoms. The van der Waals surface area contributed by atoms with Gasteiger partial charge < -0.3 is 10.1 Å². The zero-order chi connectivity index (χ0) is 10.0. The molecule has 0 aliphatic rings. The van der Waals surface area contributed by atoms with E-state index in [4.69, 9.17) is 0 Å². The van der Waals surface area contributed by atoms with Crippen molar-refractivity contribution in [3.8, 4) is 0 Å². The molecule has 0 radical (unpaired) electrons. The molecule has 0 aliphatic carbocycles. The van der Waals surface area contributed by atoms with Gasteiger partial charge in [0.25, 0.3) is 6.43 Å². The van der Waals surface area contributed by atoms with Gasteiger partial charge in [-0.1, -0.05) is 5.10 Å². The smallest absolute Gasteiger partial charge is 0.347 e. The SMILES string of the molecule is Cc1cnn(CC(F)F)c1[N+](=O)[O-]. The maximum Gasteiger partial charge on any atom is 0.347 e. The topological polar surface area (TPSA) is 61.0 Å². The molecule has 0 amide bonds. The van der Waals surface area contributed by atoms with E-state index in [2.05, 4.69) is 5.10 Å². The number of aromatic nitrogens is 2. The largest absolute Gasteiger partial charge is 0.358 e. The summed E-state index contributed by atoms with van der Waals surface area (Å²) in [5, 5.41) is 13.9. The van der Waals surface area contributed by atoms with Crippen molar-refractivity contribution in [2.24, 2.45) is 0 Å². The summed E-state index contributed by atoms with van der Waals surface area (Å²) in [7, 11) is 0. The van der Waals surface area contributed by atoms with Crippen LogP contribution in [0.5, 0.6) is 0 Å². The second-order valence-corrected chi connectivity index (χ2v) is 2.48. The van der Waals surface area contributed by atoms with E-state index in [1.54, 1.807) is 0 Å². The van der Waals surface area contributed by atoms with E-state index < -0.39 is 17.9 Å². The molecule has 1 rings (SSSR count). The summed E-state index contributed by atoms with van der Waals surface area (Å²) < 4.78 is 24.5. The molecule has 0 aliphatic heterocycles. The van der Waals surface area contributed by atoms with Gasteiger partial charge in [0.2, 0.25) is 0 Å². The zero-order valence-corrected chi connectivity index (χ0v) is 6.78. The maximum atomic E-state index is 11.9. The highest BCUT2D eigenvalue weighted by Crippen LogP contribution is 2.17. The number of halogens is 2. The van der Waals surface area contributed by atoms with Gasteiger partial charge in [-0.15, -0.1) is 4.68 Å². The maximum absolute atomic E-state index is 11.9. The highest BCUT2D eigenvalue weighted by atomic mass is 19.3. The number of alkyl halides is 2. The average molecular weight is 191 g/mol. The highest BCUT2D eigenvalue weighted by Gasteiger charge is 2.21. The molecule has 0 atom stereocenters. The van der Waals surface area contributed by atoms with E-state index in [1.165, 1.54) is 13.1 Å². The van der Waals surface area contributed by atoms with Crippen LogP contribution in [-0.2, 0) is 6.54 Å². The number of aryl methyl sites for hydroxylation is 1. The predicted molar refractivity (Wildman–Crippen MR) is 39.6 cm³/mol. The summed E-state index contributed by atoms with van der Waals surface area (Å²) >= 11 is 0. The summed E-state index contributed by atoms with van der Waals surface area (Å²) in [6, 6.07) is 0. The molecule has 0 fully saturated rings. The van der Waals surface area contributed by atoms with Gasteiger partial charge in [-0.25, -0.2) is 8.78 Å². The van der Waals surface area contributed by atoms with Gasteiger partial charge in [0.1, 0.15) is 0 Å². The first kappa shape index (κ1) is 9.56. The lowest BCUT2D eigenvalue weighted by Crippen LogP contribution is -2.11. The molecule has 7 heteroatoms. The van der Waals surface area contributed by atoms with Crippen molar-refractivity contribution >= 4 is 5.82 Å². The molecule has 0 saturated heterocycles. The summed E-state index contributed by atoms with van der Waals surface area (Å²) in [5.41, 5.74) is 0.283. The Balaban J connectivity index is 3.00. The molecule has 0 bridgehead atoms. The number of rotatable bonds is 3. The number of hydrogen-bond acceptors (Lipinski definition) is 3. The Hall–Kier alpha value is -1.53. The molecule has 0 saturated carbocycles. The van der Waals surface area contributed by atoms with Crippen molar-refractivity contribution in [1.29, 1.82) is 0 Å². The zero-order valence-electron chi connectivity index (χ0n) is 6.78. The van der Waals surface area contributed by atoms with Crippen molar-refractivity contribution in [3.63, 3.8) is 0 Å². The fraction of sp³-hybridized carbons (Fsp3) is 0.500. The van der Waals surface area contributed by atoms with Gasteiger partial charge in [-0.05, 0) is 11.8 Å². The minimum absolute atomic E-state index is 0.283. The van der Waals surface area contributed by atoms with Crippen LogP contribution in [0, 0.1) is 17.0 Å². The normalized spacial score (nSPS) is 10.8. The summed E-state index contributed by atoms with van der Waals surface area (Å²) in [6.45, 7) is 0.706. The van der Waals surface area contributed by atoms with Crippen LogP contribution in [0.15, 0.2) is 6.20 Å². The van der Waals surface area contributed by atoms with Crippen LogP contribution in [0.1, 0.15) is 5.56 Å². The molecule has 1 aromatic heterocycles. The summed E-state index contributed by atoms with van der Waals surface area (Å²) in [4.78, 5) is 9.67. The standard InChI is InChI=1S/C6H7F2N3O2/c1-4-2-9-10(3-5(7)8)6(4)11(12)13/h2,5H,3H2,1H3. The molecule has 1 heterocycles. The minimum Gasteiger partial charge on any atom is -0.358 e. The van der Waals surface area contributed by atoms with Crippen LogP contribution in [-0.4, -0.2) is 21.1 Å². The van der Waals surface area contributed by atoms with E-state index in [0.717, 1.165) is 0 Å². The van der Waals surface area contributed by atoms with Gasteiger partial charge in [-0.3, -0.25) is 0 Å². The van der Waals surface area contributed by atoms with E-state index >= 15 is 0 Å². The van der Waals surface area contributed by atoms with Crippen molar-refractivity contribution in [2.75, 3.05) is 0 Å². The average Bonchev–Trinajstić information content (AvgIpc) is 2.30. The lowest BCUT2D eigenvalue weighted by atomic mass is 10.4. The second kappa shape index (κ2) is 3.46. The Morgan fingerprint density at radius 1 is 1.77 bits per heavy atom. The molecule has 5 nitrogen and oxygen atoms in total. The number of nitrogens with zero attached hydrogens (tertiary/aromatic N) is 3. The lowest BCUT2D eigenvalue weighted by Gasteiger charge is -1.98. The third-order valence-corrected chi connectivity index (χ3v) is 1.47. The fourth-order valence-corrected chi connectivity index (χ4v) is 0.975. The molecule has 0 N–H and O–H groups in total. The van der Waals surface area contributed by atoms with Gasteiger partial charge in [0, 0.05) is 0 Å². The summed E-state index contributed by atoms with van der Waals surface area (Å²) in [6.07, 6.45) is -1.45. The quantitative estimate of drug-likeness (QED) is 0.535. The third-order valence-electron chi connectivity index (χ3n) is 1.47. The van der Waals surface area contributed by atoms with Crippen molar-refractivity contribution in [1.82, 2.24) is 9.78 Å². The van der Waals surface area contributed by atoms with Crippen LogP contribution < -0.4 is 0 Å². The first-order valence-electron chi connectivity index (χ1n) is 3.47. The van der Waals surface area contributed by atoms with Crippen LogP contribution in [0.2, 0.25) is 0 Å². The fourth-order valence-electron chi connectivity index (χ4n) is 0.975. The molecule has 0 spiro atoms. The van der Waals surface area contributed by atoms with E-state index in [1.807, 2.05) is 0 Å². The van der Waals surface area contributed by atoms with Gasteiger partial charge in [0.05, 0.1) is 11.8 Å². The second-order valence-electron chi connectivity index (χ2n) is 2.48. The minimum atomic E-state index is -2.64. The Labute approximate surface area is 72.1 Å². The van der Waals surface area contributed by atoms with E-state index in [0.29, 0.717) is 4.68 Å². The van der Waals surface area contributed by atoms with Gasteiger partial charge >= 0.3 is 5.82 Å². The van der Waals surface area contributed by atoms with Gasteiger partial charge in [-0.2, -0.15) is 0 Å². The molecular weight excluding hydrogens is 184 g/mol. The van der Waals surface area contributed by atoms with Crippen molar-refractivity contribution in [2.45, 2.75) is 19.9 Å². The molecular formula is C6H7F2N3O2. The first-order chi connectivity index (χ1) is 6.02. The predicted octanol–water partition coefficient (Wildman–Crippen LogP) is 1.36. The number of hydrogen-bond donors (Lipinski definition) is 0. The van der Waals surface area contributed by atoms with Crippen LogP contribution in [0.3, 0.4) is 0 Å². The van der Waals surface area contributed by atoms with Crippen LogP contribution >= 0.6 is 0 Å². The van der Waals surface area contributed by atoms with Crippen molar-refractivity contribution < 1.29 is 13.7 Å². The van der Waals surface area contributed by atoms with E-state index in [9.17, 15) is 18.9 Å². The third kappa shape index (κ3) is 1.98. The van der Waals surface area contributed by atoms with Crippen LogP contribution in [0.4, 0.5) is 14.6 Å². The lowest BCUT2D eigenvalue weighted by molar-refractivity contribution is -0.393. The Morgan fingerprint density at radius 2 is 2.38 bits per heavy atom. The molecule has 0 unspecified atom stereocenters. The Morgan fingerprint density at radius 3 is 2.85 bits per heavy atom. The number of nitro groups is 1. The highest BCUT2D eigenvalue weighted by molar-refractivity contribution is 5.29. The van der Waals surface area contributed by atoms with Crippen LogP contribution in [0.25, 0.3) is 0 Å². The van der Waals surface area contributed by atoms with Gasteiger partial charge in [0.15, 0.2) is 6.54 Å². The monoisotopic (exact) mass is 191 g/mol. The first-order valence-corrected chi connectivity index (χ1v) is 3.47. The van der Waals surface area contributed by atoms with E-state index in [-0.39, 0.29) is 11.4 Å². The Bertz CT molecular complexity index is 324. The summed E-state index contributed by atoms with van der Waals surface area (Å²) in [5.74, 6) is -0.375. The molecule has 72 valence electrons.